The number of morpholine rings is 1. The number of nitrogens with zero attached hydrogens (tertiary/aromatic N) is 3. The van der Waals surface area contributed by atoms with Crippen LogP contribution in [0.1, 0.15) is 30.6 Å². The number of aliphatic imine (C=N–C) groups is 1. The minimum Gasteiger partial charge on any atom is -0.377 e. The Hall–Kier alpha value is -1.46. The van der Waals surface area contributed by atoms with Crippen molar-refractivity contribution >= 4 is 28.9 Å². The molecule has 2 unspecified atom stereocenters. The van der Waals surface area contributed by atoms with E-state index in [-0.39, 0.29) is 23.0 Å². The average Bonchev–Trinajstić information content (AvgIpc) is 2.40. The molecule has 20 heavy (non-hydrogen) atoms. The second-order valence-corrected chi connectivity index (χ2v) is 5.63. The van der Waals surface area contributed by atoms with E-state index < -0.39 is 0 Å². The van der Waals surface area contributed by atoms with Gasteiger partial charge in [-0.15, -0.1) is 0 Å². The van der Waals surface area contributed by atoms with Crippen molar-refractivity contribution in [1.82, 2.24) is 9.88 Å². The number of carbonyl (C=O) groups excluding carboxylic acids is 1. The molecular weight excluding hydrogens is 278 g/mol. The summed E-state index contributed by atoms with van der Waals surface area (Å²) < 4.78 is 5.52. The number of hydrogen-bond donors (Lipinski definition) is 0. The number of hydrogen-bond acceptors (Lipinski definition) is 5. The van der Waals surface area contributed by atoms with Gasteiger partial charge < -0.3 is 9.64 Å². The van der Waals surface area contributed by atoms with E-state index in [1.54, 1.807) is 12.3 Å². The first-order valence-electron chi connectivity index (χ1n) is 6.69. The third-order valence-electron chi connectivity index (χ3n) is 3.71. The topological polar surface area (TPSA) is 54.8 Å². The van der Waals surface area contributed by atoms with Gasteiger partial charge >= 0.3 is 0 Å². The van der Waals surface area contributed by atoms with Crippen LogP contribution in [-0.4, -0.2) is 46.8 Å². The molecule has 1 aromatic heterocycles. The summed E-state index contributed by atoms with van der Waals surface area (Å²) in [6, 6.07) is 2.07. The maximum atomic E-state index is 12.3. The molecular formula is C14H16ClN3O2. The predicted molar refractivity (Wildman–Crippen MR) is 76.9 cm³/mol. The van der Waals surface area contributed by atoms with E-state index in [2.05, 4.69) is 28.7 Å². The Kier molecular flexibility index (Phi) is 3.48. The molecule has 1 aromatic rings. The van der Waals surface area contributed by atoms with E-state index in [1.807, 2.05) is 0 Å². The third-order valence-corrected chi connectivity index (χ3v) is 3.98. The molecule has 3 rings (SSSR count). The van der Waals surface area contributed by atoms with E-state index >= 15 is 0 Å². The Morgan fingerprint density at radius 3 is 2.75 bits per heavy atom. The number of ether oxygens (including phenoxy) is 1. The first-order valence-corrected chi connectivity index (χ1v) is 7.07. The second-order valence-electron chi connectivity index (χ2n) is 5.27. The third kappa shape index (κ3) is 2.21. The number of halogens is 1. The lowest BCUT2D eigenvalue weighted by Gasteiger charge is -2.41. The molecule has 1 saturated heterocycles. The minimum atomic E-state index is 0.0418. The highest BCUT2D eigenvalue weighted by molar-refractivity contribution is 6.33. The molecule has 0 bridgehead atoms. The number of pyridine rings is 1. The second kappa shape index (κ2) is 5.14. The summed E-state index contributed by atoms with van der Waals surface area (Å²) in [7, 11) is 0. The Bertz CT molecular complexity index is 578. The van der Waals surface area contributed by atoms with E-state index in [0.29, 0.717) is 30.9 Å². The zero-order valence-electron chi connectivity index (χ0n) is 11.5. The molecule has 1 fully saturated rings. The van der Waals surface area contributed by atoms with Crippen LogP contribution in [0.2, 0.25) is 5.15 Å². The van der Waals surface area contributed by atoms with Crippen LogP contribution in [-0.2, 0) is 4.74 Å². The van der Waals surface area contributed by atoms with Crippen LogP contribution in [0.25, 0.3) is 0 Å². The van der Waals surface area contributed by atoms with Crippen LogP contribution in [0.5, 0.6) is 0 Å². The van der Waals surface area contributed by atoms with Gasteiger partial charge in [-0.3, -0.25) is 4.79 Å². The maximum Gasteiger partial charge on any atom is 0.172 e. The summed E-state index contributed by atoms with van der Waals surface area (Å²) in [5.41, 5.74) is 1.05. The fraction of sp³-hybridized carbons (Fsp3) is 0.500. The summed E-state index contributed by atoms with van der Waals surface area (Å²) in [6.07, 6.45) is 1.85. The number of carbonyl (C=O) groups is 1. The fourth-order valence-corrected chi connectivity index (χ4v) is 3.03. The summed E-state index contributed by atoms with van der Waals surface area (Å²) in [6.45, 7) is 5.43. The van der Waals surface area contributed by atoms with Crippen LogP contribution < -0.4 is 0 Å². The van der Waals surface area contributed by atoms with Gasteiger partial charge in [-0.2, -0.15) is 0 Å². The van der Waals surface area contributed by atoms with Gasteiger partial charge in [0.25, 0.3) is 0 Å². The maximum absolute atomic E-state index is 12.3. The SMILES string of the molecule is CC1COCC(C)N1C1=Nc2c(ccnc2Cl)C(=O)C1. The molecule has 0 radical (unpaired) electrons. The molecule has 0 saturated carbocycles. The first kappa shape index (κ1) is 13.5. The predicted octanol–water partition coefficient (Wildman–Crippen LogP) is 2.46. The van der Waals surface area contributed by atoms with E-state index in [9.17, 15) is 4.79 Å². The smallest absolute Gasteiger partial charge is 0.172 e. The van der Waals surface area contributed by atoms with Gasteiger partial charge in [-0.05, 0) is 19.9 Å². The van der Waals surface area contributed by atoms with Gasteiger partial charge in [0.15, 0.2) is 10.9 Å². The normalized spacial score (nSPS) is 26.2. The van der Waals surface area contributed by atoms with Gasteiger partial charge in [0.05, 0.1) is 31.7 Å². The van der Waals surface area contributed by atoms with Crippen LogP contribution in [0.15, 0.2) is 17.3 Å². The van der Waals surface area contributed by atoms with E-state index in [0.717, 1.165) is 5.84 Å². The molecule has 3 heterocycles. The van der Waals surface area contributed by atoms with Gasteiger partial charge in [-0.25, -0.2) is 9.98 Å². The van der Waals surface area contributed by atoms with Crippen LogP contribution in [0.3, 0.4) is 0 Å². The standard InChI is InChI=1S/C14H16ClN3O2/c1-8-6-20-7-9(2)18(8)12-5-11(19)10-3-4-16-14(15)13(10)17-12/h3-4,8-9H,5-7H2,1-2H3. The number of rotatable bonds is 0. The highest BCUT2D eigenvalue weighted by atomic mass is 35.5. The van der Waals surface area contributed by atoms with E-state index in [4.69, 9.17) is 16.3 Å². The van der Waals surface area contributed by atoms with Crippen molar-refractivity contribution in [3.8, 4) is 0 Å². The van der Waals surface area contributed by atoms with Crippen LogP contribution in [0, 0.1) is 0 Å². The largest absolute Gasteiger partial charge is 0.377 e. The molecule has 0 N–H and O–H groups in total. The molecule has 6 heteroatoms. The molecule has 2 aliphatic heterocycles. The van der Waals surface area contributed by atoms with Crippen LogP contribution >= 0.6 is 11.6 Å². The van der Waals surface area contributed by atoms with Crippen molar-refractivity contribution in [2.24, 2.45) is 4.99 Å². The van der Waals surface area contributed by atoms with Crippen molar-refractivity contribution in [3.05, 3.63) is 23.0 Å². The zero-order valence-corrected chi connectivity index (χ0v) is 12.2. The molecule has 2 atom stereocenters. The zero-order chi connectivity index (χ0) is 14.3. The molecule has 0 amide bonds. The number of fused-ring (bicyclic) bond motifs is 1. The molecule has 5 nitrogen and oxygen atoms in total. The van der Waals surface area contributed by atoms with E-state index in [1.165, 1.54) is 0 Å². The van der Waals surface area contributed by atoms with Crippen molar-refractivity contribution in [1.29, 1.82) is 0 Å². The summed E-state index contributed by atoms with van der Waals surface area (Å²) in [5, 5.41) is 0.279. The summed E-state index contributed by atoms with van der Waals surface area (Å²) in [4.78, 5) is 23.0. The van der Waals surface area contributed by atoms with Gasteiger partial charge in [0.2, 0.25) is 0 Å². The average molecular weight is 294 g/mol. The quantitative estimate of drug-likeness (QED) is 0.690. The Morgan fingerprint density at radius 1 is 1.35 bits per heavy atom. The number of Topliss-reactive ketones (excluding diaryl/α,β-unsaturated/α-hetero) is 1. The Balaban J connectivity index is 2.03. The lowest BCUT2D eigenvalue weighted by Crippen LogP contribution is -2.53. The number of aromatic nitrogens is 1. The van der Waals surface area contributed by atoms with Crippen LogP contribution in [0.4, 0.5) is 5.69 Å². The Labute approximate surface area is 122 Å². The van der Waals surface area contributed by atoms with Gasteiger partial charge in [-0.1, -0.05) is 11.6 Å². The molecule has 106 valence electrons. The van der Waals surface area contributed by atoms with Gasteiger partial charge in [0, 0.05) is 11.8 Å². The highest BCUT2D eigenvalue weighted by Gasteiger charge is 2.32. The fourth-order valence-electron chi connectivity index (χ4n) is 2.83. The lowest BCUT2D eigenvalue weighted by molar-refractivity contribution is -0.00156. The monoisotopic (exact) mass is 293 g/mol. The van der Waals surface area contributed by atoms with Gasteiger partial charge in [0.1, 0.15) is 11.5 Å². The molecule has 0 aromatic carbocycles. The molecule has 0 aliphatic carbocycles. The summed E-state index contributed by atoms with van der Waals surface area (Å²) >= 11 is 6.07. The molecule has 2 aliphatic rings. The first-order chi connectivity index (χ1) is 9.58. The molecule has 0 spiro atoms. The van der Waals surface area contributed by atoms with Crippen molar-refractivity contribution < 1.29 is 9.53 Å². The van der Waals surface area contributed by atoms with Crippen molar-refractivity contribution in [2.75, 3.05) is 13.2 Å². The number of ketones is 1. The summed E-state index contributed by atoms with van der Waals surface area (Å²) in [5.74, 6) is 0.806. The van der Waals surface area contributed by atoms with Crippen molar-refractivity contribution in [3.63, 3.8) is 0 Å². The van der Waals surface area contributed by atoms with Crippen molar-refractivity contribution in [2.45, 2.75) is 32.4 Å². The number of amidine groups is 1. The lowest BCUT2D eigenvalue weighted by atomic mass is 10.0. The highest BCUT2D eigenvalue weighted by Crippen LogP contribution is 2.33. The Morgan fingerprint density at radius 2 is 2.05 bits per heavy atom. The minimum absolute atomic E-state index is 0.0418.